The molecule has 1 aromatic heterocycles. The Balaban J connectivity index is 2.08. The molecule has 3 rings (SSSR count). The highest BCUT2D eigenvalue weighted by Gasteiger charge is 2.23. The van der Waals surface area contributed by atoms with Gasteiger partial charge >= 0.3 is 5.97 Å². The third kappa shape index (κ3) is 4.00. The predicted octanol–water partition coefficient (Wildman–Crippen LogP) is 4.04. The first kappa shape index (κ1) is 18.6. The average Bonchev–Trinajstić information content (AvgIpc) is 3.04. The van der Waals surface area contributed by atoms with Crippen LogP contribution in [-0.2, 0) is 21.6 Å². The van der Waals surface area contributed by atoms with Gasteiger partial charge in [0.15, 0.2) is 0 Å². The number of phenols is 1. The zero-order valence-electron chi connectivity index (χ0n) is 15.9. The number of carbonyl (C=O) groups excluding carboxylic acids is 1. The van der Waals surface area contributed by atoms with Crippen LogP contribution in [0.15, 0.2) is 48.6 Å². The maximum absolute atomic E-state index is 11.6. The molecule has 0 saturated carbocycles. The van der Waals surface area contributed by atoms with Crippen LogP contribution in [0.25, 0.3) is 16.7 Å². The van der Waals surface area contributed by atoms with Crippen LogP contribution < -0.4 is 0 Å². The van der Waals surface area contributed by atoms with E-state index < -0.39 is 5.97 Å². The number of rotatable bonds is 4. The van der Waals surface area contributed by atoms with E-state index in [-0.39, 0.29) is 17.8 Å². The van der Waals surface area contributed by atoms with E-state index in [2.05, 4.69) is 10.2 Å². The summed E-state index contributed by atoms with van der Waals surface area (Å²) in [4.78, 5) is 13.1. The molecule has 2 aromatic carbocycles. The Hall–Kier alpha value is -3.15. The van der Waals surface area contributed by atoms with E-state index in [4.69, 9.17) is 4.74 Å². The van der Waals surface area contributed by atoms with Gasteiger partial charge in [0.1, 0.15) is 29.1 Å². The smallest absolute Gasteiger partial charge is 0.330 e. The third-order valence-electron chi connectivity index (χ3n) is 4.14. The van der Waals surface area contributed by atoms with Crippen molar-refractivity contribution in [3.05, 3.63) is 59.7 Å². The molecule has 3 aromatic rings. The Morgan fingerprint density at radius 1 is 1.19 bits per heavy atom. The number of benzene rings is 2. The Morgan fingerprint density at radius 2 is 1.81 bits per heavy atom. The van der Waals surface area contributed by atoms with Crippen molar-refractivity contribution < 1.29 is 14.6 Å². The second-order valence-corrected chi connectivity index (χ2v) is 7.35. The molecule has 0 aliphatic carbocycles. The van der Waals surface area contributed by atoms with Crippen LogP contribution in [0, 0.1) is 0 Å². The number of aromatic nitrogens is 3. The molecule has 140 valence electrons. The monoisotopic (exact) mass is 365 g/mol. The van der Waals surface area contributed by atoms with Crippen molar-refractivity contribution in [2.24, 2.45) is 0 Å². The molecule has 1 N–H and O–H groups in total. The van der Waals surface area contributed by atoms with E-state index in [1.54, 1.807) is 19.1 Å². The number of aromatic hydroxyl groups is 1. The first-order chi connectivity index (χ1) is 12.8. The molecule has 0 radical (unpaired) electrons. The maximum atomic E-state index is 11.6. The third-order valence-corrected chi connectivity index (χ3v) is 4.14. The van der Waals surface area contributed by atoms with Gasteiger partial charge in [0.2, 0.25) is 0 Å². The molecule has 6 heteroatoms. The molecule has 0 fully saturated rings. The van der Waals surface area contributed by atoms with Crippen LogP contribution in [0.3, 0.4) is 0 Å². The Morgan fingerprint density at radius 3 is 2.37 bits per heavy atom. The summed E-state index contributed by atoms with van der Waals surface area (Å²) in [6.07, 6.45) is 3.00. The molecule has 6 nitrogen and oxygen atoms in total. The summed E-state index contributed by atoms with van der Waals surface area (Å²) in [7, 11) is 0. The van der Waals surface area contributed by atoms with E-state index in [9.17, 15) is 9.90 Å². The highest BCUT2D eigenvalue weighted by atomic mass is 16.5. The van der Waals surface area contributed by atoms with Gasteiger partial charge < -0.3 is 9.84 Å². The van der Waals surface area contributed by atoms with E-state index in [0.29, 0.717) is 5.69 Å². The lowest BCUT2D eigenvalue weighted by Crippen LogP contribution is -2.14. The van der Waals surface area contributed by atoms with Gasteiger partial charge in [0.25, 0.3) is 0 Å². The SMILES string of the molecule is CC=CC(=O)OCc1cc(-n2nc3ccccc3n2)c(O)c(C(C)(C)C)c1. The first-order valence-corrected chi connectivity index (χ1v) is 8.78. The number of allylic oxidation sites excluding steroid dienone is 1. The van der Waals surface area contributed by atoms with Gasteiger partial charge in [-0.2, -0.15) is 0 Å². The number of hydrogen-bond acceptors (Lipinski definition) is 5. The van der Waals surface area contributed by atoms with Gasteiger partial charge in [-0.1, -0.05) is 39.0 Å². The predicted molar refractivity (Wildman–Crippen MR) is 104 cm³/mol. The molecule has 0 spiro atoms. The molecular formula is C21H23N3O3. The summed E-state index contributed by atoms with van der Waals surface area (Å²) in [6.45, 7) is 7.88. The summed E-state index contributed by atoms with van der Waals surface area (Å²) in [5, 5.41) is 19.8. The van der Waals surface area contributed by atoms with Gasteiger partial charge in [0.05, 0.1) is 0 Å². The zero-order valence-corrected chi connectivity index (χ0v) is 15.9. The normalized spacial score (nSPS) is 12.0. The molecule has 1 heterocycles. The number of fused-ring (bicyclic) bond motifs is 1. The maximum Gasteiger partial charge on any atom is 0.330 e. The minimum atomic E-state index is -0.410. The Bertz CT molecular complexity index is 980. The van der Waals surface area contributed by atoms with Crippen LogP contribution in [0.1, 0.15) is 38.8 Å². The molecule has 0 amide bonds. The molecule has 27 heavy (non-hydrogen) atoms. The Kier molecular flexibility index (Phi) is 4.99. The standard InChI is InChI=1S/C21H23N3O3/c1-5-8-19(25)27-13-14-11-15(21(2,3)4)20(26)18(12-14)24-22-16-9-6-7-10-17(16)23-24/h5-12,26H,13H2,1-4H3. The molecule has 0 aliphatic rings. The fourth-order valence-corrected chi connectivity index (χ4v) is 2.79. The second kappa shape index (κ2) is 7.23. The molecule has 0 unspecified atom stereocenters. The van der Waals surface area contributed by atoms with E-state index in [0.717, 1.165) is 22.2 Å². The number of carbonyl (C=O) groups is 1. The largest absolute Gasteiger partial charge is 0.505 e. The van der Waals surface area contributed by atoms with Crippen molar-refractivity contribution in [3.8, 4) is 11.4 Å². The molecular weight excluding hydrogens is 342 g/mol. The van der Waals surface area contributed by atoms with Crippen LogP contribution in [0.4, 0.5) is 0 Å². The van der Waals surface area contributed by atoms with Crippen molar-refractivity contribution in [2.45, 2.75) is 39.7 Å². The van der Waals surface area contributed by atoms with Crippen LogP contribution in [0.2, 0.25) is 0 Å². The van der Waals surface area contributed by atoms with Crippen LogP contribution in [0.5, 0.6) is 5.75 Å². The van der Waals surface area contributed by atoms with Crippen molar-refractivity contribution in [1.29, 1.82) is 0 Å². The summed E-state index contributed by atoms with van der Waals surface area (Å²) in [6, 6.07) is 11.1. The van der Waals surface area contributed by atoms with E-state index in [1.807, 2.05) is 51.1 Å². The fourth-order valence-electron chi connectivity index (χ4n) is 2.79. The summed E-state index contributed by atoms with van der Waals surface area (Å²) in [5.74, 6) is -0.293. The molecule has 0 atom stereocenters. The lowest BCUT2D eigenvalue weighted by Gasteiger charge is -2.23. The average molecular weight is 365 g/mol. The number of hydrogen-bond donors (Lipinski definition) is 1. The van der Waals surface area contributed by atoms with Crippen molar-refractivity contribution in [3.63, 3.8) is 0 Å². The van der Waals surface area contributed by atoms with Gasteiger partial charge in [-0.05, 0) is 42.2 Å². The zero-order chi connectivity index (χ0) is 19.6. The lowest BCUT2D eigenvalue weighted by molar-refractivity contribution is -0.139. The van der Waals surface area contributed by atoms with Gasteiger partial charge in [-0.25, -0.2) is 4.79 Å². The number of esters is 1. The summed E-state index contributed by atoms with van der Waals surface area (Å²) >= 11 is 0. The van der Waals surface area contributed by atoms with Crippen molar-refractivity contribution in [2.75, 3.05) is 0 Å². The van der Waals surface area contributed by atoms with Gasteiger partial charge in [-0.3, -0.25) is 0 Å². The second-order valence-electron chi connectivity index (χ2n) is 7.35. The highest BCUT2D eigenvalue weighted by Crippen LogP contribution is 2.36. The Labute approximate surface area is 158 Å². The number of phenolic OH excluding ortho intramolecular Hbond substituents is 1. The molecule has 0 bridgehead atoms. The molecule has 0 saturated heterocycles. The van der Waals surface area contributed by atoms with Crippen molar-refractivity contribution >= 4 is 17.0 Å². The summed E-state index contributed by atoms with van der Waals surface area (Å²) < 4.78 is 5.27. The first-order valence-electron chi connectivity index (χ1n) is 8.78. The van der Waals surface area contributed by atoms with Crippen LogP contribution in [-0.4, -0.2) is 26.1 Å². The molecule has 0 aliphatic heterocycles. The van der Waals surface area contributed by atoms with E-state index >= 15 is 0 Å². The van der Waals surface area contributed by atoms with Crippen molar-refractivity contribution in [1.82, 2.24) is 15.0 Å². The summed E-state index contributed by atoms with van der Waals surface area (Å²) in [5.41, 5.74) is 3.11. The fraction of sp³-hybridized carbons (Fsp3) is 0.286. The minimum absolute atomic E-state index is 0.0975. The number of nitrogens with zero attached hydrogens (tertiary/aromatic N) is 3. The lowest BCUT2D eigenvalue weighted by atomic mass is 9.85. The van der Waals surface area contributed by atoms with E-state index in [1.165, 1.54) is 10.9 Å². The minimum Gasteiger partial charge on any atom is -0.505 e. The number of ether oxygens (including phenoxy) is 1. The topological polar surface area (TPSA) is 77.2 Å². The highest BCUT2D eigenvalue weighted by molar-refractivity contribution is 5.81. The van der Waals surface area contributed by atoms with Gasteiger partial charge in [0, 0.05) is 11.6 Å². The van der Waals surface area contributed by atoms with Crippen LogP contribution >= 0.6 is 0 Å². The quantitative estimate of drug-likeness (QED) is 0.558. The van der Waals surface area contributed by atoms with Gasteiger partial charge in [-0.15, -0.1) is 15.0 Å².